The van der Waals surface area contributed by atoms with Gasteiger partial charge in [0.2, 0.25) is 0 Å². The van der Waals surface area contributed by atoms with E-state index in [1.807, 2.05) is 23.6 Å². The summed E-state index contributed by atoms with van der Waals surface area (Å²) >= 11 is 1.61. The zero-order chi connectivity index (χ0) is 23.4. The fourth-order valence-electron chi connectivity index (χ4n) is 5.12. The van der Waals surface area contributed by atoms with E-state index in [4.69, 9.17) is 0 Å². The van der Waals surface area contributed by atoms with Gasteiger partial charge in [-0.3, -0.25) is 9.69 Å². The molecule has 176 valence electrons. The van der Waals surface area contributed by atoms with Crippen molar-refractivity contribution in [3.05, 3.63) is 88.1 Å². The molecule has 2 fully saturated rings. The highest BCUT2D eigenvalue weighted by atomic mass is 32.1. The minimum atomic E-state index is -0.225. The fourth-order valence-corrected chi connectivity index (χ4v) is 5.77. The first-order valence-electron chi connectivity index (χ1n) is 11.9. The van der Waals surface area contributed by atoms with Crippen molar-refractivity contribution in [2.45, 2.75) is 50.4 Å². The number of carbonyl (C=O) groups is 2. The van der Waals surface area contributed by atoms with E-state index in [9.17, 15) is 9.59 Å². The Morgan fingerprint density at radius 1 is 1.03 bits per heavy atom. The van der Waals surface area contributed by atoms with Crippen LogP contribution in [0.3, 0.4) is 0 Å². The maximum Gasteiger partial charge on any atom is 0.319 e. The SMILES string of the molecule is O=C(Nc1cccc(C(=O)NCc2cccs2)c1)NC1CN(Cc2ccccc2)C2(CCC2)C1. The lowest BCUT2D eigenvalue weighted by molar-refractivity contribution is 0.0495. The number of urea groups is 1. The van der Waals surface area contributed by atoms with Gasteiger partial charge in [0.15, 0.2) is 0 Å². The number of carbonyl (C=O) groups excluding carboxylic acids is 2. The molecule has 1 aromatic heterocycles. The first-order valence-corrected chi connectivity index (χ1v) is 12.7. The van der Waals surface area contributed by atoms with E-state index in [2.05, 4.69) is 45.1 Å². The third-order valence-corrected chi connectivity index (χ3v) is 7.84. The molecule has 1 aliphatic heterocycles. The second-order valence-corrected chi connectivity index (χ2v) is 10.3. The molecular weight excluding hydrogens is 444 g/mol. The van der Waals surface area contributed by atoms with Crippen LogP contribution in [0.5, 0.6) is 0 Å². The van der Waals surface area contributed by atoms with Gasteiger partial charge in [-0.05, 0) is 60.9 Å². The second-order valence-electron chi connectivity index (χ2n) is 9.29. The Morgan fingerprint density at radius 3 is 2.62 bits per heavy atom. The molecule has 1 spiro atoms. The molecule has 1 atom stereocenters. The van der Waals surface area contributed by atoms with Crippen LogP contribution in [0.15, 0.2) is 72.1 Å². The average molecular weight is 475 g/mol. The summed E-state index contributed by atoms with van der Waals surface area (Å²) in [5, 5.41) is 11.0. The topological polar surface area (TPSA) is 73.5 Å². The number of nitrogens with one attached hydrogen (secondary N) is 3. The largest absolute Gasteiger partial charge is 0.347 e. The summed E-state index contributed by atoms with van der Waals surface area (Å²) in [7, 11) is 0. The van der Waals surface area contributed by atoms with Gasteiger partial charge in [-0.25, -0.2) is 4.79 Å². The Morgan fingerprint density at radius 2 is 1.88 bits per heavy atom. The van der Waals surface area contributed by atoms with Gasteiger partial charge in [0.1, 0.15) is 0 Å². The quantitative estimate of drug-likeness (QED) is 0.451. The van der Waals surface area contributed by atoms with Crippen molar-refractivity contribution in [1.82, 2.24) is 15.5 Å². The van der Waals surface area contributed by atoms with Gasteiger partial charge in [-0.2, -0.15) is 0 Å². The molecular formula is C27H30N4O2S. The summed E-state index contributed by atoms with van der Waals surface area (Å²) in [5.74, 6) is -0.156. The van der Waals surface area contributed by atoms with Crippen LogP contribution in [0.1, 0.15) is 46.5 Å². The van der Waals surface area contributed by atoms with Crippen LogP contribution in [0.25, 0.3) is 0 Å². The Labute approximate surface area is 204 Å². The predicted octanol–water partition coefficient (Wildman–Crippen LogP) is 5.00. The number of rotatable bonds is 7. The fraction of sp³-hybridized carbons (Fsp3) is 0.333. The number of amides is 3. The van der Waals surface area contributed by atoms with E-state index in [1.165, 1.54) is 24.8 Å². The molecule has 1 saturated carbocycles. The Balaban J connectivity index is 1.16. The lowest BCUT2D eigenvalue weighted by Crippen LogP contribution is -2.48. The van der Waals surface area contributed by atoms with Crippen LogP contribution in [0, 0.1) is 0 Å². The van der Waals surface area contributed by atoms with E-state index in [0.29, 0.717) is 17.8 Å². The molecule has 1 saturated heterocycles. The van der Waals surface area contributed by atoms with Crippen LogP contribution >= 0.6 is 11.3 Å². The van der Waals surface area contributed by atoms with E-state index in [-0.39, 0.29) is 23.5 Å². The molecule has 5 rings (SSSR count). The van der Waals surface area contributed by atoms with Crippen molar-refractivity contribution >= 4 is 29.0 Å². The molecule has 1 aliphatic carbocycles. The first-order chi connectivity index (χ1) is 16.6. The van der Waals surface area contributed by atoms with Gasteiger partial charge in [0.05, 0.1) is 6.54 Å². The molecule has 3 amide bonds. The molecule has 2 heterocycles. The minimum Gasteiger partial charge on any atom is -0.347 e. The van der Waals surface area contributed by atoms with E-state index in [1.54, 1.807) is 35.6 Å². The molecule has 0 bridgehead atoms. The van der Waals surface area contributed by atoms with E-state index in [0.717, 1.165) is 24.4 Å². The van der Waals surface area contributed by atoms with Gasteiger partial charge in [-0.1, -0.05) is 42.5 Å². The summed E-state index contributed by atoms with van der Waals surface area (Å²) in [4.78, 5) is 28.9. The van der Waals surface area contributed by atoms with Crippen molar-refractivity contribution in [1.29, 1.82) is 0 Å². The summed E-state index contributed by atoms with van der Waals surface area (Å²) in [6.07, 6.45) is 4.63. The highest BCUT2D eigenvalue weighted by molar-refractivity contribution is 7.09. The maximum absolute atomic E-state index is 12.8. The molecule has 6 nitrogen and oxygen atoms in total. The lowest BCUT2D eigenvalue weighted by atomic mass is 9.74. The van der Waals surface area contributed by atoms with Gasteiger partial charge in [0.25, 0.3) is 5.91 Å². The second kappa shape index (κ2) is 9.99. The van der Waals surface area contributed by atoms with Gasteiger partial charge in [0, 0.05) is 40.8 Å². The third kappa shape index (κ3) is 5.16. The summed E-state index contributed by atoms with van der Waals surface area (Å²) in [5.41, 5.74) is 2.67. The number of likely N-dealkylation sites (tertiary alicyclic amines) is 1. The molecule has 34 heavy (non-hydrogen) atoms. The van der Waals surface area contributed by atoms with Gasteiger partial charge in [-0.15, -0.1) is 11.3 Å². The lowest BCUT2D eigenvalue weighted by Gasteiger charge is -2.46. The number of nitrogens with zero attached hydrogens (tertiary/aromatic N) is 1. The standard InChI is InChI=1S/C27H30N4O2S/c32-25(28-17-24-11-5-14-34-24)21-9-4-10-22(15-21)29-26(33)30-23-16-27(12-6-13-27)31(19-23)18-20-7-2-1-3-8-20/h1-5,7-11,14-15,23H,6,12-13,16-19H2,(H,28,32)(H2,29,30,33). The summed E-state index contributed by atoms with van der Waals surface area (Å²) in [6.45, 7) is 2.27. The van der Waals surface area contributed by atoms with Crippen LogP contribution in [0.2, 0.25) is 0 Å². The zero-order valence-corrected chi connectivity index (χ0v) is 19.9. The molecule has 2 aliphatic rings. The monoisotopic (exact) mass is 474 g/mol. The van der Waals surface area contributed by atoms with Crippen LogP contribution < -0.4 is 16.0 Å². The molecule has 0 radical (unpaired) electrons. The van der Waals surface area contributed by atoms with Gasteiger partial charge < -0.3 is 16.0 Å². The van der Waals surface area contributed by atoms with Crippen LogP contribution in [-0.2, 0) is 13.1 Å². The maximum atomic E-state index is 12.8. The number of thiophene rings is 1. The molecule has 1 unspecified atom stereocenters. The number of anilines is 1. The van der Waals surface area contributed by atoms with Crippen molar-refractivity contribution in [2.75, 3.05) is 11.9 Å². The van der Waals surface area contributed by atoms with Gasteiger partial charge >= 0.3 is 6.03 Å². The smallest absolute Gasteiger partial charge is 0.319 e. The molecule has 2 aromatic carbocycles. The van der Waals surface area contributed by atoms with Crippen LogP contribution in [-0.4, -0.2) is 35.0 Å². The third-order valence-electron chi connectivity index (χ3n) is 6.96. The van der Waals surface area contributed by atoms with Crippen LogP contribution in [0.4, 0.5) is 10.5 Å². The number of benzene rings is 2. The predicted molar refractivity (Wildman–Crippen MR) is 136 cm³/mol. The first kappa shape index (κ1) is 22.6. The normalized spacial score (nSPS) is 18.9. The summed E-state index contributed by atoms with van der Waals surface area (Å²) < 4.78 is 0. The highest BCUT2D eigenvalue weighted by Crippen LogP contribution is 2.46. The number of hydrogen-bond acceptors (Lipinski definition) is 4. The molecule has 3 aromatic rings. The molecule has 3 N–H and O–H groups in total. The Bertz CT molecular complexity index is 1130. The van der Waals surface area contributed by atoms with E-state index < -0.39 is 0 Å². The average Bonchev–Trinajstić information content (AvgIpc) is 3.46. The minimum absolute atomic E-state index is 0.112. The van der Waals surface area contributed by atoms with E-state index >= 15 is 0 Å². The van der Waals surface area contributed by atoms with Crippen molar-refractivity contribution in [3.63, 3.8) is 0 Å². The number of hydrogen-bond donors (Lipinski definition) is 3. The molecule has 7 heteroatoms. The zero-order valence-electron chi connectivity index (χ0n) is 19.1. The Hall–Kier alpha value is -3.16. The van der Waals surface area contributed by atoms with Crippen molar-refractivity contribution in [3.8, 4) is 0 Å². The highest BCUT2D eigenvalue weighted by Gasteiger charge is 2.49. The van der Waals surface area contributed by atoms with Crippen molar-refractivity contribution < 1.29 is 9.59 Å². The Kier molecular flexibility index (Phi) is 6.65. The van der Waals surface area contributed by atoms with Crippen molar-refractivity contribution in [2.24, 2.45) is 0 Å². The summed E-state index contributed by atoms with van der Waals surface area (Å²) in [6, 6.07) is 21.5.